The van der Waals surface area contributed by atoms with Gasteiger partial charge in [-0.15, -0.1) is 12.6 Å². The minimum absolute atomic E-state index is 0.00321. The molecule has 0 saturated heterocycles. The topological polar surface area (TPSA) is 80.7 Å². The highest BCUT2D eigenvalue weighted by Gasteiger charge is 2.68. The van der Waals surface area contributed by atoms with Crippen LogP contribution in [-0.2, 0) is 19.1 Å². The van der Waals surface area contributed by atoms with Crippen molar-refractivity contribution in [2.75, 3.05) is 0 Å². The lowest BCUT2D eigenvalue weighted by molar-refractivity contribution is -0.176. The molecule has 4 aliphatic rings. The predicted octanol–water partition coefficient (Wildman–Crippen LogP) is 3.70. The molecule has 0 aromatic rings. The molecule has 0 aromatic carbocycles. The first-order chi connectivity index (χ1) is 14.8. The van der Waals surface area contributed by atoms with E-state index in [0.29, 0.717) is 19.3 Å². The lowest BCUT2D eigenvalue weighted by atomic mass is 9.46. The second-order valence-corrected chi connectivity index (χ2v) is 10.8. The maximum absolute atomic E-state index is 16.8. The number of rotatable bonds is 4. The third-order valence-corrected chi connectivity index (χ3v) is 9.18. The minimum atomic E-state index is -1.69. The number of thiol groups is 1. The maximum atomic E-state index is 16.8. The van der Waals surface area contributed by atoms with Gasteiger partial charge in [-0.05, 0) is 69.6 Å². The van der Waals surface area contributed by atoms with Gasteiger partial charge in [-0.25, -0.2) is 8.78 Å². The molecule has 0 amide bonds. The zero-order valence-electron chi connectivity index (χ0n) is 18.5. The van der Waals surface area contributed by atoms with E-state index in [0.717, 1.165) is 0 Å². The van der Waals surface area contributed by atoms with Crippen LogP contribution in [0.2, 0.25) is 0 Å². The van der Waals surface area contributed by atoms with Gasteiger partial charge in [-0.2, -0.15) is 0 Å². The van der Waals surface area contributed by atoms with Crippen molar-refractivity contribution < 1.29 is 33.0 Å². The summed E-state index contributed by atoms with van der Waals surface area (Å²) < 4.78 is 37.8. The molecule has 9 atom stereocenters. The normalized spacial score (nSPS) is 44.6. The molecule has 0 heterocycles. The van der Waals surface area contributed by atoms with Gasteiger partial charge in [0.2, 0.25) is 5.12 Å². The Bertz CT molecular complexity index is 918. The molecule has 32 heavy (non-hydrogen) atoms. The van der Waals surface area contributed by atoms with Gasteiger partial charge in [0, 0.05) is 16.7 Å². The van der Waals surface area contributed by atoms with Crippen LogP contribution in [0, 0.1) is 28.6 Å². The highest BCUT2D eigenvalue weighted by Crippen LogP contribution is 2.68. The number of hydrogen-bond acceptors (Lipinski definition) is 5. The molecule has 4 aliphatic carbocycles. The summed E-state index contributed by atoms with van der Waals surface area (Å²) in [6, 6.07) is 0. The Morgan fingerprint density at radius 3 is 2.59 bits per heavy atom. The van der Waals surface area contributed by atoms with Gasteiger partial charge in [-0.3, -0.25) is 14.4 Å². The number of aliphatic hydroxyl groups is 1. The van der Waals surface area contributed by atoms with Gasteiger partial charge in [0.05, 0.1) is 5.92 Å². The summed E-state index contributed by atoms with van der Waals surface area (Å²) in [6.45, 7) is 5.06. The summed E-state index contributed by atoms with van der Waals surface area (Å²) in [5.41, 5.74) is -3.17. The molecule has 3 fully saturated rings. The first-order valence-electron chi connectivity index (χ1n) is 11.2. The fourth-order valence-corrected chi connectivity index (χ4v) is 7.04. The Kier molecular flexibility index (Phi) is 5.72. The number of carbonyl (C=O) groups is 3. The summed E-state index contributed by atoms with van der Waals surface area (Å²) in [5, 5.41) is 9.05. The largest absolute Gasteiger partial charge is 0.461 e. The molecule has 3 saturated carbocycles. The van der Waals surface area contributed by atoms with E-state index in [2.05, 4.69) is 12.6 Å². The van der Waals surface area contributed by atoms with Crippen LogP contribution in [0.15, 0.2) is 23.8 Å². The van der Waals surface area contributed by atoms with Crippen molar-refractivity contribution in [3.63, 3.8) is 0 Å². The number of carbonyl (C=O) groups excluding carboxylic acids is 3. The third kappa shape index (κ3) is 3.23. The molecule has 176 valence electrons. The van der Waals surface area contributed by atoms with E-state index in [9.17, 15) is 19.5 Å². The van der Waals surface area contributed by atoms with Crippen LogP contribution in [0.3, 0.4) is 0 Å². The average molecular weight is 469 g/mol. The van der Waals surface area contributed by atoms with Crippen LogP contribution in [0.4, 0.5) is 8.78 Å². The number of fused-ring (bicyclic) bond motifs is 5. The summed E-state index contributed by atoms with van der Waals surface area (Å²) in [7, 11) is 0. The van der Waals surface area contributed by atoms with Gasteiger partial charge in [-0.1, -0.05) is 13.0 Å². The minimum Gasteiger partial charge on any atom is -0.461 e. The smallest absolute Gasteiger partial charge is 0.312 e. The number of ketones is 1. The number of halogens is 2. The van der Waals surface area contributed by atoms with Gasteiger partial charge in [0.1, 0.15) is 24.0 Å². The monoisotopic (exact) mass is 468 g/mol. The molecule has 5 nitrogen and oxygen atoms in total. The van der Waals surface area contributed by atoms with Gasteiger partial charge in [0.25, 0.3) is 0 Å². The Balaban J connectivity index is 1.59. The highest BCUT2D eigenvalue weighted by atomic mass is 32.1. The summed E-state index contributed by atoms with van der Waals surface area (Å²) in [6.07, 6.45) is 2.41. The molecule has 0 spiro atoms. The molecule has 8 heteroatoms. The summed E-state index contributed by atoms with van der Waals surface area (Å²) >= 11 is 3.58. The number of esters is 1. The standard InChI is InChI=1S/C24H30F2O5S/c1-12(19(28)21(30)32)20(29)31-18-5-4-14-15-11-17(25)16-10-13(27)6-7-23(16,3)24(15,26)9-8-22(14,18)2/h6-7,10,12,14-15,17-19,28H,4-5,8-9,11H2,1-3H3,(H,30,32)/t12?,14-,15-,17-,18+,19?,22-,23-,24+/m0/s1. The molecule has 0 aromatic heterocycles. The van der Waals surface area contributed by atoms with Crippen molar-refractivity contribution in [3.05, 3.63) is 23.8 Å². The van der Waals surface area contributed by atoms with Crippen LogP contribution in [0.1, 0.15) is 52.9 Å². The Hall–Kier alpha value is -1.54. The molecule has 1 N–H and O–H groups in total. The van der Waals surface area contributed by atoms with Crippen LogP contribution in [0.25, 0.3) is 0 Å². The van der Waals surface area contributed by atoms with Crippen LogP contribution in [0.5, 0.6) is 0 Å². The van der Waals surface area contributed by atoms with E-state index in [1.54, 1.807) is 6.92 Å². The lowest BCUT2D eigenvalue weighted by Crippen LogP contribution is -2.62. The average Bonchev–Trinajstić information content (AvgIpc) is 3.06. The SMILES string of the molecule is CC(C(=O)O[C@@H]1CC[C@H]2[C@@H]3C[C@H](F)C4=CC(=O)C=C[C@]4(C)[C@@]3(F)CC[C@]12C)C(O)C(=O)S. The zero-order valence-corrected chi connectivity index (χ0v) is 19.4. The molecule has 0 bridgehead atoms. The second-order valence-electron chi connectivity index (χ2n) is 10.4. The van der Waals surface area contributed by atoms with Crippen LogP contribution < -0.4 is 0 Å². The zero-order chi connectivity index (χ0) is 23.6. The van der Waals surface area contributed by atoms with Crippen LogP contribution in [-0.4, -0.2) is 46.0 Å². The van der Waals surface area contributed by atoms with E-state index in [1.165, 1.54) is 25.2 Å². The second kappa shape index (κ2) is 7.76. The van der Waals surface area contributed by atoms with Crippen molar-refractivity contribution in [1.82, 2.24) is 0 Å². The van der Waals surface area contributed by atoms with Gasteiger partial charge >= 0.3 is 5.97 Å². The third-order valence-electron chi connectivity index (χ3n) is 8.92. The van der Waals surface area contributed by atoms with E-state index in [1.807, 2.05) is 6.92 Å². The van der Waals surface area contributed by atoms with E-state index in [-0.39, 0.29) is 30.1 Å². The Morgan fingerprint density at radius 2 is 1.94 bits per heavy atom. The molecule has 0 radical (unpaired) electrons. The number of ether oxygens (including phenoxy) is 1. The first kappa shape index (κ1) is 23.6. The van der Waals surface area contributed by atoms with Gasteiger partial charge < -0.3 is 9.84 Å². The van der Waals surface area contributed by atoms with E-state index >= 15 is 8.78 Å². The molecule has 0 aliphatic heterocycles. The Morgan fingerprint density at radius 1 is 1.25 bits per heavy atom. The molecule has 2 unspecified atom stereocenters. The number of alkyl halides is 2. The van der Waals surface area contributed by atoms with E-state index in [4.69, 9.17) is 4.74 Å². The fraction of sp³-hybridized carbons (Fsp3) is 0.708. The summed E-state index contributed by atoms with van der Waals surface area (Å²) in [5.74, 6) is -2.82. The number of allylic oxidation sites excluding steroid dienone is 4. The van der Waals surface area contributed by atoms with Crippen molar-refractivity contribution in [3.8, 4) is 0 Å². The predicted molar refractivity (Wildman–Crippen MR) is 116 cm³/mol. The van der Waals surface area contributed by atoms with Crippen molar-refractivity contribution in [2.24, 2.45) is 28.6 Å². The highest BCUT2D eigenvalue weighted by molar-refractivity contribution is 7.96. The Labute approximate surface area is 192 Å². The first-order valence-corrected chi connectivity index (χ1v) is 11.7. The van der Waals surface area contributed by atoms with Crippen molar-refractivity contribution >= 4 is 29.5 Å². The van der Waals surface area contributed by atoms with E-state index < -0.39 is 57.8 Å². The lowest BCUT2D eigenvalue weighted by Gasteiger charge is -2.60. The van der Waals surface area contributed by atoms with Crippen molar-refractivity contribution in [2.45, 2.75) is 76.9 Å². The molecular formula is C24H30F2O5S. The van der Waals surface area contributed by atoms with Crippen LogP contribution >= 0.6 is 12.6 Å². The quantitative estimate of drug-likeness (QED) is 0.486. The van der Waals surface area contributed by atoms with Gasteiger partial charge in [0.15, 0.2) is 5.78 Å². The summed E-state index contributed by atoms with van der Waals surface area (Å²) in [4.78, 5) is 35.7. The molecule has 4 rings (SSSR count). The molecular weight excluding hydrogens is 438 g/mol. The van der Waals surface area contributed by atoms with Crippen molar-refractivity contribution in [1.29, 1.82) is 0 Å². The fourth-order valence-electron chi connectivity index (χ4n) is 6.81. The number of hydrogen-bond donors (Lipinski definition) is 2. The maximum Gasteiger partial charge on any atom is 0.312 e. The number of aliphatic hydroxyl groups excluding tert-OH is 1.